The zero-order valence-corrected chi connectivity index (χ0v) is 18.4. The van der Waals surface area contributed by atoms with Crippen molar-refractivity contribution in [3.8, 4) is 17.0 Å². The minimum absolute atomic E-state index is 0.106. The molecule has 0 fully saturated rings. The third-order valence-corrected chi connectivity index (χ3v) is 6.74. The number of aryl methyl sites for hydroxylation is 3. The number of amides is 1. The van der Waals surface area contributed by atoms with Crippen molar-refractivity contribution in [3.05, 3.63) is 56.8 Å². The van der Waals surface area contributed by atoms with E-state index in [0.717, 1.165) is 32.3 Å². The van der Waals surface area contributed by atoms with E-state index in [1.165, 1.54) is 33.6 Å². The highest BCUT2D eigenvalue weighted by Gasteiger charge is 2.13. The summed E-state index contributed by atoms with van der Waals surface area (Å²) in [6, 6.07) is 7.57. The molecule has 30 heavy (non-hydrogen) atoms. The number of hydrogen-bond donors (Lipinski definition) is 1. The van der Waals surface area contributed by atoms with E-state index in [-0.39, 0.29) is 24.4 Å². The summed E-state index contributed by atoms with van der Waals surface area (Å²) < 4.78 is 6.65. The predicted molar refractivity (Wildman–Crippen MR) is 121 cm³/mol. The highest BCUT2D eigenvalue weighted by atomic mass is 32.1. The van der Waals surface area contributed by atoms with Gasteiger partial charge in [0, 0.05) is 28.8 Å². The zero-order chi connectivity index (χ0) is 21.3. The van der Waals surface area contributed by atoms with Gasteiger partial charge in [-0.25, -0.2) is 9.97 Å². The molecule has 1 amide bonds. The topological polar surface area (TPSA) is 86.1 Å². The number of hydrogen-bond acceptors (Lipinski definition) is 7. The number of carbonyl (C=O) groups excluding carboxylic acids is 1. The quantitative estimate of drug-likeness (QED) is 0.485. The fourth-order valence-corrected chi connectivity index (χ4v) is 4.78. The van der Waals surface area contributed by atoms with Crippen molar-refractivity contribution >= 4 is 43.9 Å². The average molecular weight is 441 g/mol. The molecular weight excluding hydrogens is 420 g/mol. The van der Waals surface area contributed by atoms with Gasteiger partial charge in [0.25, 0.3) is 5.56 Å². The summed E-state index contributed by atoms with van der Waals surface area (Å²) >= 11 is 2.87. The SMILES string of the molecule is COc1ccc(-c2csc(NC(=O)CCn3cnc4sc(C)c(C)c4c3=O)n2)cc1. The standard InChI is InChI=1S/C21H20N4O3S2/c1-12-13(2)30-19-18(12)20(27)25(11-22-19)9-8-17(26)24-21-23-16(10-29-21)14-4-6-15(28-3)7-5-14/h4-7,10-11H,8-9H2,1-3H3,(H,23,24,26). The number of aromatic nitrogens is 3. The minimum atomic E-state index is -0.198. The summed E-state index contributed by atoms with van der Waals surface area (Å²) in [6.45, 7) is 4.17. The predicted octanol–water partition coefficient (Wildman–Crippen LogP) is 4.24. The Morgan fingerprint density at radius 3 is 2.73 bits per heavy atom. The molecule has 0 saturated heterocycles. The summed E-state index contributed by atoms with van der Waals surface area (Å²) in [4.78, 5) is 35.7. The maximum atomic E-state index is 12.7. The number of ether oxygens (including phenoxy) is 1. The van der Waals surface area contributed by atoms with Crippen LogP contribution in [0.2, 0.25) is 0 Å². The molecule has 0 aliphatic heterocycles. The van der Waals surface area contributed by atoms with Gasteiger partial charge in [-0.1, -0.05) is 0 Å². The molecule has 0 radical (unpaired) electrons. The molecule has 154 valence electrons. The first-order valence-corrected chi connectivity index (χ1v) is 11.0. The normalized spacial score (nSPS) is 11.0. The van der Waals surface area contributed by atoms with E-state index in [2.05, 4.69) is 15.3 Å². The Kier molecular flexibility index (Phi) is 5.65. The largest absolute Gasteiger partial charge is 0.497 e. The van der Waals surface area contributed by atoms with Crippen LogP contribution in [0.25, 0.3) is 21.5 Å². The van der Waals surface area contributed by atoms with Gasteiger partial charge < -0.3 is 10.1 Å². The lowest BCUT2D eigenvalue weighted by Crippen LogP contribution is -2.23. The molecule has 3 aromatic heterocycles. The molecule has 0 spiro atoms. The van der Waals surface area contributed by atoms with E-state index in [9.17, 15) is 9.59 Å². The first-order chi connectivity index (χ1) is 14.5. The van der Waals surface area contributed by atoms with Crippen molar-refractivity contribution in [2.75, 3.05) is 12.4 Å². The molecule has 0 unspecified atom stereocenters. The van der Waals surface area contributed by atoms with Crippen molar-refractivity contribution in [1.29, 1.82) is 0 Å². The van der Waals surface area contributed by atoms with E-state index < -0.39 is 0 Å². The van der Waals surface area contributed by atoms with Gasteiger partial charge in [-0.05, 0) is 43.7 Å². The number of thiophene rings is 1. The van der Waals surface area contributed by atoms with Crippen molar-refractivity contribution in [2.24, 2.45) is 0 Å². The van der Waals surface area contributed by atoms with Gasteiger partial charge >= 0.3 is 0 Å². The first kappa shape index (κ1) is 20.2. The monoisotopic (exact) mass is 440 g/mol. The molecule has 0 bridgehead atoms. The van der Waals surface area contributed by atoms with Crippen molar-refractivity contribution in [2.45, 2.75) is 26.8 Å². The Balaban J connectivity index is 1.41. The zero-order valence-electron chi connectivity index (χ0n) is 16.8. The second-order valence-corrected chi connectivity index (χ2v) is 8.83. The number of thiazole rings is 1. The van der Waals surface area contributed by atoms with Crippen LogP contribution in [0.1, 0.15) is 16.9 Å². The molecule has 0 atom stereocenters. The number of methoxy groups -OCH3 is 1. The minimum Gasteiger partial charge on any atom is -0.497 e. The lowest BCUT2D eigenvalue weighted by Gasteiger charge is -2.05. The second-order valence-electron chi connectivity index (χ2n) is 6.77. The van der Waals surface area contributed by atoms with Crippen LogP contribution in [0, 0.1) is 13.8 Å². The van der Waals surface area contributed by atoms with Gasteiger partial charge in [0.05, 0.1) is 24.5 Å². The van der Waals surface area contributed by atoms with E-state index in [1.807, 2.05) is 43.5 Å². The van der Waals surface area contributed by atoms with Crippen molar-refractivity contribution in [3.63, 3.8) is 0 Å². The molecule has 0 aliphatic rings. The van der Waals surface area contributed by atoms with Crippen LogP contribution in [0.3, 0.4) is 0 Å². The maximum absolute atomic E-state index is 12.7. The lowest BCUT2D eigenvalue weighted by atomic mass is 10.2. The fourth-order valence-electron chi connectivity index (χ4n) is 3.06. The summed E-state index contributed by atoms with van der Waals surface area (Å²) in [7, 11) is 1.62. The molecule has 1 aromatic carbocycles. The molecule has 3 heterocycles. The van der Waals surface area contributed by atoms with Gasteiger partial charge in [0.15, 0.2) is 5.13 Å². The van der Waals surface area contributed by atoms with Crippen molar-refractivity contribution in [1.82, 2.24) is 14.5 Å². The van der Waals surface area contributed by atoms with Gasteiger partial charge in [0.1, 0.15) is 10.6 Å². The van der Waals surface area contributed by atoms with Gasteiger partial charge in [-0.3, -0.25) is 14.2 Å². The van der Waals surface area contributed by atoms with E-state index in [0.29, 0.717) is 10.5 Å². The average Bonchev–Trinajstić information content (AvgIpc) is 3.32. The summed E-state index contributed by atoms with van der Waals surface area (Å²) in [6.07, 6.45) is 1.67. The fraction of sp³-hybridized carbons (Fsp3) is 0.238. The van der Waals surface area contributed by atoms with Crippen LogP contribution in [0.5, 0.6) is 5.75 Å². The molecule has 4 rings (SSSR count). The van der Waals surface area contributed by atoms with E-state index in [1.54, 1.807) is 7.11 Å². The molecule has 0 aliphatic carbocycles. The number of rotatable bonds is 6. The summed E-state index contributed by atoms with van der Waals surface area (Å²) in [5, 5.41) is 5.86. The number of anilines is 1. The number of benzene rings is 1. The van der Waals surface area contributed by atoms with E-state index >= 15 is 0 Å². The first-order valence-electron chi connectivity index (χ1n) is 9.31. The number of fused-ring (bicyclic) bond motifs is 1. The smallest absolute Gasteiger partial charge is 0.262 e. The van der Waals surface area contributed by atoms with Crippen LogP contribution in [0.4, 0.5) is 5.13 Å². The highest BCUT2D eigenvalue weighted by Crippen LogP contribution is 2.27. The Morgan fingerprint density at radius 2 is 2.00 bits per heavy atom. The van der Waals surface area contributed by atoms with Gasteiger partial charge in [-0.15, -0.1) is 22.7 Å². The van der Waals surface area contributed by atoms with Crippen LogP contribution < -0.4 is 15.6 Å². The molecule has 1 N–H and O–H groups in total. The highest BCUT2D eigenvalue weighted by molar-refractivity contribution is 7.18. The molecule has 7 nitrogen and oxygen atoms in total. The molecule has 9 heteroatoms. The van der Waals surface area contributed by atoms with Crippen LogP contribution in [-0.2, 0) is 11.3 Å². The van der Waals surface area contributed by atoms with Crippen LogP contribution in [-0.4, -0.2) is 27.6 Å². The number of nitrogens with zero attached hydrogens (tertiary/aromatic N) is 3. The summed E-state index contributed by atoms with van der Waals surface area (Å²) in [5.41, 5.74) is 2.58. The molecular formula is C21H20N4O3S2. The summed E-state index contributed by atoms with van der Waals surface area (Å²) in [5.74, 6) is 0.578. The number of nitrogens with one attached hydrogen (secondary N) is 1. The Morgan fingerprint density at radius 1 is 1.23 bits per heavy atom. The second kappa shape index (κ2) is 8.37. The Labute approximate surface area is 181 Å². The Bertz CT molecular complexity index is 1270. The number of carbonyl (C=O) groups is 1. The van der Waals surface area contributed by atoms with E-state index in [4.69, 9.17) is 4.74 Å². The van der Waals surface area contributed by atoms with Crippen LogP contribution >= 0.6 is 22.7 Å². The van der Waals surface area contributed by atoms with Gasteiger partial charge in [0.2, 0.25) is 5.91 Å². The van der Waals surface area contributed by atoms with Crippen LogP contribution in [0.15, 0.2) is 40.8 Å². The molecule has 4 aromatic rings. The lowest BCUT2D eigenvalue weighted by molar-refractivity contribution is -0.116. The Hall–Kier alpha value is -3.04. The van der Waals surface area contributed by atoms with Gasteiger partial charge in [-0.2, -0.15) is 0 Å². The molecule has 0 saturated carbocycles. The third-order valence-electron chi connectivity index (χ3n) is 4.87. The maximum Gasteiger partial charge on any atom is 0.262 e. The van der Waals surface area contributed by atoms with Crippen molar-refractivity contribution < 1.29 is 9.53 Å². The third kappa shape index (κ3) is 3.99.